The summed E-state index contributed by atoms with van der Waals surface area (Å²) in [5.41, 5.74) is 1.72. The summed E-state index contributed by atoms with van der Waals surface area (Å²) in [7, 11) is 1.78. The molecule has 0 fully saturated rings. The summed E-state index contributed by atoms with van der Waals surface area (Å²) in [6.45, 7) is 0. The Morgan fingerprint density at radius 1 is 1.35 bits per heavy atom. The smallest absolute Gasteiger partial charge is 0.301 e. The summed E-state index contributed by atoms with van der Waals surface area (Å²) >= 11 is 0. The summed E-state index contributed by atoms with van der Waals surface area (Å²) in [6, 6.07) is 6.78. The molecule has 0 spiro atoms. The molecule has 0 saturated carbocycles. The maximum absolute atomic E-state index is 11.3. The minimum absolute atomic E-state index is 0.0134. The zero-order chi connectivity index (χ0) is 14.1. The van der Waals surface area contributed by atoms with Crippen molar-refractivity contribution in [3.63, 3.8) is 0 Å². The van der Waals surface area contributed by atoms with E-state index in [2.05, 4.69) is 15.4 Å². The fraction of sp³-hybridized carbons (Fsp3) is 0.0769. The van der Waals surface area contributed by atoms with Crippen LogP contribution in [0.5, 0.6) is 0 Å². The highest BCUT2D eigenvalue weighted by Gasteiger charge is 2.19. The lowest BCUT2D eigenvalue weighted by molar-refractivity contribution is -0.382. The molecule has 2 heterocycles. The zero-order valence-electron chi connectivity index (χ0n) is 10.6. The first-order valence-electron chi connectivity index (χ1n) is 5.93. The highest BCUT2D eigenvalue weighted by Crippen LogP contribution is 2.34. The molecular weight excluding hydrogens is 258 g/mol. The fourth-order valence-electron chi connectivity index (χ4n) is 2.08. The van der Waals surface area contributed by atoms with Crippen LogP contribution in [0.15, 0.2) is 42.9 Å². The molecule has 3 aromatic rings. The van der Waals surface area contributed by atoms with E-state index in [1.165, 1.54) is 0 Å². The van der Waals surface area contributed by atoms with E-state index < -0.39 is 4.92 Å². The summed E-state index contributed by atoms with van der Waals surface area (Å²) in [6.07, 6.45) is 4.97. The molecule has 0 bridgehead atoms. The van der Waals surface area contributed by atoms with Gasteiger partial charge in [-0.2, -0.15) is 5.10 Å². The number of nitro groups is 1. The van der Waals surface area contributed by atoms with Crippen LogP contribution >= 0.6 is 0 Å². The first-order chi connectivity index (χ1) is 9.65. The van der Waals surface area contributed by atoms with Gasteiger partial charge in [0, 0.05) is 19.4 Å². The Balaban J connectivity index is 2.15. The van der Waals surface area contributed by atoms with Gasteiger partial charge in [-0.3, -0.25) is 19.8 Å². The molecule has 7 nitrogen and oxygen atoms in total. The predicted molar refractivity (Wildman–Crippen MR) is 74.9 cm³/mol. The second-order valence-electron chi connectivity index (χ2n) is 4.32. The number of rotatable bonds is 3. The van der Waals surface area contributed by atoms with Crippen molar-refractivity contribution in [3.8, 4) is 0 Å². The number of fused-ring (bicyclic) bond motifs is 1. The fourth-order valence-corrected chi connectivity index (χ4v) is 2.08. The predicted octanol–water partition coefficient (Wildman–Crippen LogP) is 2.62. The number of hydrogen-bond acceptors (Lipinski definition) is 5. The normalized spacial score (nSPS) is 10.7. The van der Waals surface area contributed by atoms with Gasteiger partial charge in [0.1, 0.15) is 5.69 Å². The molecule has 0 atom stereocenters. The monoisotopic (exact) mass is 269 g/mol. The van der Waals surface area contributed by atoms with E-state index in [4.69, 9.17) is 0 Å². The third-order valence-corrected chi connectivity index (χ3v) is 2.92. The largest absolute Gasteiger partial charge is 0.347 e. The number of nitrogens with zero attached hydrogens (tertiary/aromatic N) is 4. The van der Waals surface area contributed by atoms with Crippen molar-refractivity contribution < 1.29 is 4.92 Å². The number of aromatic nitrogens is 3. The first-order valence-corrected chi connectivity index (χ1v) is 5.93. The van der Waals surface area contributed by atoms with Crippen molar-refractivity contribution in [1.82, 2.24) is 14.8 Å². The average molecular weight is 269 g/mol. The minimum Gasteiger partial charge on any atom is -0.347 e. The van der Waals surface area contributed by atoms with Gasteiger partial charge in [0.2, 0.25) is 0 Å². The summed E-state index contributed by atoms with van der Waals surface area (Å²) < 4.78 is 1.62. The van der Waals surface area contributed by atoms with E-state index in [1.54, 1.807) is 54.6 Å². The third kappa shape index (κ3) is 2.05. The standard InChI is InChI=1S/C13H11N5O2/c1-17-8-9(7-15-17)16-12-5-4-11-10(3-2-6-14-11)13(12)18(19)20/h2-8,16H,1H3. The summed E-state index contributed by atoms with van der Waals surface area (Å²) in [5.74, 6) is 0. The lowest BCUT2D eigenvalue weighted by Gasteiger charge is -2.06. The Morgan fingerprint density at radius 3 is 2.90 bits per heavy atom. The van der Waals surface area contributed by atoms with Crippen LogP contribution in [-0.4, -0.2) is 19.7 Å². The van der Waals surface area contributed by atoms with Gasteiger partial charge in [-0.15, -0.1) is 0 Å². The van der Waals surface area contributed by atoms with Gasteiger partial charge < -0.3 is 5.32 Å². The van der Waals surface area contributed by atoms with Crippen molar-refractivity contribution in [1.29, 1.82) is 0 Å². The van der Waals surface area contributed by atoms with Gasteiger partial charge in [-0.1, -0.05) is 0 Å². The molecule has 0 radical (unpaired) electrons. The molecular formula is C13H11N5O2. The van der Waals surface area contributed by atoms with E-state index in [0.29, 0.717) is 22.3 Å². The molecule has 0 amide bonds. The Labute approximate surface area is 114 Å². The van der Waals surface area contributed by atoms with E-state index in [0.717, 1.165) is 0 Å². The Hall–Kier alpha value is -2.96. The van der Waals surface area contributed by atoms with Crippen LogP contribution in [0.4, 0.5) is 17.1 Å². The number of anilines is 2. The van der Waals surface area contributed by atoms with Gasteiger partial charge >= 0.3 is 5.69 Å². The second-order valence-corrected chi connectivity index (χ2v) is 4.32. The molecule has 2 aromatic heterocycles. The number of aryl methyl sites for hydroxylation is 1. The molecule has 7 heteroatoms. The minimum atomic E-state index is -0.400. The van der Waals surface area contributed by atoms with Crippen LogP contribution in [0.25, 0.3) is 10.9 Å². The molecule has 0 unspecified atom stereocenters. The van der Waals surface area contributed by atoms with Gasteiger partial charge in [-0.05, 0) is 24.3 Å². The molecule has 100 valence electrons. The van der Waals surface area contributed by atoms with Crippen LogP contribution < -0.4 is 5.32 Å². The Morgan fingerprint density at radius 2 is 2.20 bits per heavy atom. The van der Waals surface area contributed by atoms with Gasteiger partial charge in [0.25, 0.3) is 0 Å². The van der Waals surface area contributed by atoms with E-state index in [-0.39, 0.29) is 5.69 Å². The summed E-state index contributed by atoms with van der Waals surface area (Å²) in [4.78, 5) is 15.1. The highest BCUT2D eigenvalue weighted by molar-refractivity contribution is 5.95. The van der Waals surface area contributed by atoms with Gasteiger partial charge in [0.05, 0.1) is 27.7 Å². The molecule has 1 aromatic carbocycles. The van der Waals surface area contributed by atoms with Crippen LogP contribution in [0.1, 0.15) is 0 Å². The Bertz CT molecular complexity index is 796. The summed E-state index contributed by atoms with van der Waals surface area (Å²) in [5, 5.41) is 18.9. The van der Waals surface area contributed by atoms with Crippen molar-refractivity contribution in [2.75, 3.05) is 5.32 Å². The topological polar surface area (TPSA) is 85.9 Å². The maximum atomic E-state index is 11.3. The van der Waals surface area contributed by atoms with Crippen molar-refractivity contribution in [3.05, 3.63) is 53.0 Å². The number of pyridine rings is 1. The van der Waals surface area contributed by atoms with Gasteiger partial charge in [0.15, 0.2) is 0 Å². The first kappa shape index (κ1) is 12.1. The molecule has 0 aliphatic heterocycles. The van der Waals surface area contributed by atoms with Crippen LogP contribution in [-0.2, 0) is 7.05 Å². The van der Waals surface area contributed by atoms with E-state index >= 15 is 0 Å². The van der Waals surface area contributed by atoms with Crippen molar-refractivity contribution in [2.24, 2.45) is 7.05 Å². The molecule has 0 aliphatic carbocycles. The highest BCUT2D eigenvalue weighted by atomic mass is 16.6. The molecule has 20 heavy (non-hydrogen) atoms. The lowest BCUT2D eigenvalue weighted by Crippen LogP contribution is -1.98. The number of nitrogens with one attached hydrogen (secondary N) is 1. The molecule has 3 rings (SSSR count). The Kier molecular flexibility index (Phi) is 2.79. The lowest BCUT2D eigenvalue weighted by atomic mass is 10.1. The van der Waals surface area contributed by atoms with Crippen LogP contribution in [0, 0.1) is 10.1 Å². The third-order valence-electron chi connectivity index (χ3n) is 2.92. The number of hydrogen-bond donors (Lipinski definition) is 1. The second kappa shape index (κ2) is 4.61. The maximum Gasteiger partial charge on any atom is 0.301 e. The van der Waals surface area contributed by atoms with Crippen LogP contribution in [0.2, 0.25) is 0 Å². The van der Waals surface area contributed by atoms with Gasteiger partial charge in [-0.25, -0.2) is 0 Å². The number of benzene rings is 1. The van der Waals surface area contributed by atoms with E-state index in [9.17, 15) is 10.1 Å². The van der Waals surface area contributed by atoms with Crippen LogP contribution in [0.3, 0.4) is 0 Å². The SMILES string of the molecule is Cn1cc(Nc2ccc3ncccc3c2[N+](=O)[O-])cn1. The quantitative estimate of drug-likeness (QED) is 0.583. The van der Waals surface area contributed by atoms with E-state index in [1.807, 2.05) is 0 Å². The molecule has 0 aliphatic rings. The molecule has 1 N–H and O–H groups in total. The average Bonchev–Trinajstić information content (AvgIpc) is 2.83. The molecule has 0 saturated heterocycles. The van der Waals surface area contributed by atoms with Crippen molar-refractivity contribution >= 4 is 28.0 Å². The van der Waals surface area contributed by atoms with Crippen molar-refractivity contribution in [2.45, 2.75) is 0 Å². The zero-order valence-corrected chi connectivity index (χ0v) is 10.6. The number of nitro benzene ring substituents is 1.